The molecule has 6 nitrogen and oxygen atoms in total. The second kappa shape index (κ2) is 5.81. The summed E-state index contributed by atoms with van der Waals surface area (Å²) in [5.74, 6) is -1.42. The zero-order chi connectivity index (χ0) is 15.9. The van der Waals surface area contributed by atoms with Crippen molar-refractivity contribution in [1.82, 2.24) is 14.5 Å². The fourth-order valence-corrected chi connectivity index (χ4v) is 4.21. The summed E-state index contributed by atoms with van der Waals surface area (Å²) >= 11 is 1.47. The first-order chi connectivity index (χ1) is 10.5. The Hall–Kier alpha value is -1.73. The van der Waals surface area contributed by atoms with Crippen molar-refractivity contribution < 1.29 is 9.90 Å². The van der Waals surface area contributed by atoms with Gasteiger partial charge in [-0.2, -0.15) is 0 Å². The lowest BCUT2D eigenvalue weighted by molar-refractivity contribution is -0.139. The second-order valence-electron chi connectivity index (χ2n) is 5.95. The standard InChI is InChI=1S/C15H19N3O3S/c1-17(2)6-7-18-8-16-13-12(14(18)19)11-9(15(20)21)4-3-5-10(11)22-13/h8-9H,3-7H2,1-2H3,(H,20,21). The Morgan fingerprint density at radius 2 is 2.32 bits per heavy atom. The van der Waals surface area contributed by atoms with E-state index >= 15 is 0 Å². The van der Waals surface area contributed by atoms with E-state index < -0.39 is 11.9 Å². The van der Waals surface area contributed by atoms with E-state index in [1.165, 1.54) is 11.3 Å². The van der Waals surface area contributed by atoms with Gasteiger partial charge in [-0.05, 0) is 38.9 Å². The molecule has 1 unspecified atom stereocenters. The predicted octanol–water partition coefficient (Wildman–Crippen LogP) is 1.52. The fraction of sp³-hybridized carbons (Fsp3) is 0.533. The van der Waals surface area contributed by atoms with Gasteiger partial charge in [0.05, 0.1) is 17.6 Å². The molecular weight excluding hydrogens is 302 g/mol. The molecule has 3 rings (SSSR count). The van der Waals surface area contributed by atoms with Crippen LogP contribution < -0.4 is 5.56 Å². The lowest BCUT2D eigenvalue weighted by atomic mass is 9.86. The van der Waals surface area contributed by atoms with Crippen LogP contribution in [0.25, 0.3) is 10.2 Å². The van der Waals surface area contributed by atoms with Gasteiger partial charge in [-0.25, -0.2) is 4.98 Å². The molecule has 0 amide bonds. The number of carboxylic acid groups (broad SMARTS) is 1. The van der Waals surface area contributed by atoms with Gasteiger partial charge >= 0.3 is 5.97 Å². The molecule has 7 heteroatoms. The molecule has 0 aliphatic heterocycles. The molecule has 0 bridgehead atoms. The third-order valence-electron chi connectivity index (χ3n) is 4.12. The van der Waals surface area contributed by atoms with E-state index in [2.05, 4.69) is 4.98 Å². The number of rotatable bonds is 4. The monoisotopic (exact) mass is 321 g/mol. The van der Waals surface area contributed by atoms with Crippen molar-refractivity contribution in [2.45, 2.75) is 31.7 Å². The zero-order valence-electron chi connectivity index (χ0n) is 12.7. The lowest BCUT2D eigenvalue weighted by Gasteiger charge is -2.19. The van der Waals surface area contributed by atoms with Crippen molar-refractivity contribution >= 4 is 27.5 Å². The van der Waals surface area contributed by atoms with Gasteiger partial charge in [0.2, 0.25) is 0 Å². The number of aliphatic carboxylic acids is 1. The maximum absolute atomic E-state index is 12.8. The van der Waals surface area contributed by atoms with Crippen LogP contribution in [-0.4, -0.2) is 46.2 Å². The first-order valence-corrected chi connectivity index (χ1v) is 8.19. The minimum Gasteiger partial charge on any atom is -0.481 e. The highest BCUT2D eigenvalue weighted by atomic mass is 32.1. The lowest BCUT2D eigenvalue weighted by Crippen LogP contribution is -2.27. The fourth-order valence-electron chi connectivity index (χ4n) is 2.97. The zero-order valence-corrected chi connectivity index (χ0v) is 13.5. The molecule has 118 valence electrons. The number of aromatic nitrogens is 2. The van der Waals surface area contributed by atoms with Crippen LogP contribution in [0, 0.1) is 0 Å². The third kappa shape index (κ3) is 2.55. The van der Waals surface area contributed by atoms with E-state index in [-0.39, 0.29) is 5.56 Å². The molecule has 2 heterocycles. The van der Waals surface area contributed by atoms with Crippen molar-refractivity contribution in [3.05, 3.63) is 27.1 Å². The maximum Gasteiger partial charge on any atom is 0.311 e. The van der Waals surface area contributed by atoms with Gasteiger partial charge in [-0.15, -0.1) is 11.3 Å². The summed E-state index contributed by atoms with van der Waals surface area (Å²) in [4.78, 5) is 32.4. The smallest absolute Gasteiger partial charge is 0.311 e. The Balaban J connectivity index is 2.15. The topological polar surface area (TPSA) is 75.4 Å². The summed E-state index contributed by atoms with van der Waals surface area (Å²) in [5, 5.41) is 9.99. The van der Waals surface area contributed by atoms with Crippen LogP contribution in [0.4, 0.5) is 0 Å². The highest BCUT2D eigenvalue weighted by Crippen LogP contribution is 2.40. The van der Waals surface area contributed by atoms with Crippen LogP contribution in [0.2, 0.25) is 0 Å². The third-order valence-corrected chi connectivity index (χ3v) is 5.30. The summed E-state index contributed by atoms with van der Waals surface area (Å²) in [7, 11) is 3.90. The van der Waals surface area contributed by atoms with Crippen molar-refractivity contribution in [2.24, 2.45) is 0 Å². The molecular formula is C15H19N3O3S. The highest BCUT2D eigenvalue weighted by molar-refractivity contribution is 7.18. The average molecular weight is 321 g/mol. The van der Waals surface area contributed by atoms with Gasteiger partial charge < -0.3 is 10.0 Å². The molecule has 0 saturated carbocycles. The van der Waals surface area contributed by atoms with E-state index in [4.69, 9.17) is 0 Å². The van der Waals surface area contributed by atoms with Gasteiger partial charge in [-0.3, -0.25) is 14.2 Å². The summed E-state index contributed by atoms with van der Waals surface area (Å²) in [6, 6.07) is 0. The average Bonchev–Trinajstić information content (AvgIpc) is 2.85. The van der Waals surface area contributed by atoms with E-state index in [1.807, 2.05) is 19.0 Å². The van der Waals surface area contributed by atoms with Crippen LogP contribution in [0.15, 0.2) is 11.1 Å². The van der Waals surface area contributed by atoms with Crippen molar-refractivity contribution in [1.29, 1.82) is 0 Å². The number of likely N-dealkylation sites (N-methyl/N-ethyl adjacent to an activating group) is 1. The van der Waals surface area contributed by atoms with Crippen molar-refractivity contribution in [2.75, 3.05) is 20.6 Å². The summed E-state index contributed by atoms with van der Waals surface area (Å²) in [6.45, 7) is 1.29. The number of fused-ring (bicyclic) bond motifs is 3. The Morgan fingerprint density at radius 1 is 1.55 bits per heavy atom. The molecule has 0 saturated heterocycles. The largest absolute Gasteiger partial charge is 0.481 e. The van der Waals surface area contributed by atoms with Gasteiger partial charge in [0.25, 0.3) is 5.56 Å². The van der Waals surface area contributed by atoms with E-state index in [9.17, 15) is 14.7 Å². The molecule has 2 aromatic rings. The number of carboxylic acids is 1. The normalized spacial score (nSPS) is 17.9. The predicted molar refractivity (Wildman–Crippen MR) is 85.7 cm³/mol. The van der Waals surface area contributed by atoms with Crippen LogP contribution in [0.1, 0.15) is 29.2 Å². The van der Waals surface area contributed by atoms with Crippen LogP contribution in [-0.2, 0) is 17.8 Å². The Kier molecular flexibility index (Phi) is 4.01. The number of thiophene rings is 1. The van der Waals surface area contributed by atoms with Gasteiger partial charge in [0, 0.05) is 18.0 Å². The quantitative estimate of drug-likeness (QED) is 0.924. The van der Waals surface area contributed by atoms with E-state index in [0.29, 0.717) is 23.2 Å². The van der Waals surface area contributed by atoms with E-state index in [1.54, 1.807) is 10.9 Å². The van der Waals surface area contributed by atoms with Crippen molar-refractivity contribution in [3.8, 4) is 0 Å². The highest BCUT2D eigenvalue weighted by Gasteiger charge is 2.31. The van der Waals surface area contributed by atoms with Crippen LogP contribution in [0.5, 0.6) is 0 Å². The summed E-state index contributed by atoms with van der Waals surface area (Å²) in [6.07, 6.45) is 3.87. The molecule has 1 atom stereocenters. The van der Waals surface area contributed by atoms with E-state index in [0.717, 1.165) is 29.8 Å². The number of hydrogen-bond donors (Lipinski definition) is 1. The van der Waals surface area contributed by atoms with Gasteiger partial charge in [0.15, 0.2) is 0 Å². The second-order valence-corrected chi connectivity index (χ2v) is 7.03. The van der Waals surface area contributed by atoms with Crippen LogP contribution in [0.3, 0.4) is 0 Å². The molecule has 0 radical (unpaired) electrons. The minimum atomic E-state index is -0.844. The summed E-state index contributed by atoms with van der Waals surface area (Å²) in [5.41, 5.74) is 0.605. The molecule has 1 aliphatic rings. The van der Waals surface area contributed by atoms with Gasteiger partial charge in [0.1, 0.15) is 4.83 Å². The number of nitrogens with zero attached hydrogens (tertiary/aromatic N) is 3. The molecule has 1 N–H and O–H groups in total. The Morgan fingerprint density at radius 3 is 3.00 bits per heavy atom. The Labute approximate surface area is 132 Å². The number of hydrogen-bond acceptors (Lipinski definition) is 5. The molecule has 22 heavy (non-hydrogen) atoms. The minimum absolute atomic E-state index is 0.113. The molecule has 2 aromatic heterocycles. The summed E-state index contributed by atoms with van der Waals surface area (Å²) < 4.78 is 1.59. The van der Waals surface area contributed by atoms with Crippen LogP contribution >= 0.6 is 11.3 Å². The number of aryl methyl sites for hydroxylation is 1. The number of carbonyl (C=O) groups is 1. The first kappa shape index (κ1) is 15.2. The molecule has 0 fully saturated rings. The molecule has 1 aliphatic carbocycles. The molecule has 0 spiro atoms. The SMILES string of the molecule is CN(C)CCn1cnc2sc3c(c2c1=O)C(C(=O)O)CCC3. The Bertz CT molecular complexity index is 778. The first-order valence-electron chi connectivity index (χ1n) is 7.37. The van der Waals surface area contributed by atoms with Crippen molar-refractivity contribution in [3.63, 3.8) is 0 Å². The van der Waals surface area contributed by atoms with Gasteiger partial charge in [-0.1, -0.05) is 0 Å². The maximum atomic E-state index is 12.8. The molecule has 0 aromatic carbocycles.